The van der Waals surface area contributed by atoms with Crippen LogP contribution in [0.25, 0.3) is 0 Å². The first-order valence-electron chi connectivity index (χ1n) is 6.51. The number of urea groups is 1. The second-order valence-electron chi connectivity index (χ2n) is 4.74. The number of piperidine rings is 1. The smallest absolute Gasteiger partial charge is 0.314 e. The zero-order chi connectivity index (χ0) is 13.7. The molecule has 0 aromatic carbocycles. The van der Waals surface area contributed by atoms with E-state index < -0.39 is 6.03 Å². The highest BCUT2D eigenvalue weighted by Gasteiger charge is 2.26. The fraction of sp³-hybridized carbons (Fsp3) is 0.538. The third-order valence-electron chi connectivity index (χ3n) is 3.35. The number of nitrogens with zero attached hydrogens (tertiary/aromatic N) is 1. The molecule has 1 unspecified atom stereocenters. The molecule has 2 rings (SSSR count). The molecular weight excluding hydrogens is 262 g/mol. The molecule has 1 aromatic rings. The van der Waals surface area contributed by atoms with Gasteiger partial charge < -0.3 is 16.0 Å². The summed E-state index contributed by atoms with van der Waals surface area (Å²) < 4.78 is 0. The van der Waals surface area contributed by atoms with Crippen molar-refractivity contribution in [3.8, 4) is 0 Å². The summed E-state index contributed by atoms with van der Waals surface area (Å²) in [5, 5.41) is 4.97. The van der Waals surface area contributed by atoms with Crippen molar-refractivity contribution in [2.45, 2.75) is 19.3 Å². The summed E-state index contributed by atoms with van der Waals surface area (Å²) in [4.78, 5) is 25.9. The predicted molar refractivity (Wildman–Crippen MR) is 74.9 cm³/mol. The maximum atomic E-state index is 12.0. The average Bonchev–Trinajstić information content (AvgIpc) is 2.92. The number of primary amides is 1. The molecule has 1 aromatic heterocycles. The minimum Gasteiger partial charge on any atom is -0.355 e. The topological polar surface area (TPSA) is 75.4 Å². The van der Waals surface area contributed by atoms with Crippen molar-refractivity contribution in [3.63, 3.8) is 0 Å². The highest BCUT2D eigenvalue weighted by atomic mass is 32.1. The third-order valence-corrected chi connectivity index (χ3v) is 4.29. The summed E-state index contributed by atoms with van der Waals surface area (Å²) in [5.74, 6) is -0.0907. The predicted octanol–water partition coefficient (Wildman–Crippen LogP) is 1.20. The Labute approximate surface area is 116 Å². The molecule has 0 aliphatic carbocycles. The van der Waals surface area contributed by atoms with Crippen molar-refractivity contribution < 1.29 is 9.59 Å². The minimum absolute atomic E-state index is 0.0301. The van der Waals surface area contributed by atoms with E-state index in [9.17, 15) is 9.59 Å². The molecule has 0 bridgehead atoms. The Hall–Kier alpha value is -1.56. The Morgan fingerprint density at radius 3 is 3.05 bits per heavy atom. The van der Waals surface area contributed by atoms with Gasteiger partial charge in [0.1, 0.15) is 0 Å². The van der Waals surface area contributed by atoms with Gasteiger partial charge in [0.15, 0.2) is 0 Å². The summed E-state index contributed by atoms with van der Waals surface area (Å²) in [5.41, 5.74) is 5.25. The summed E-state index contributed by atoms with van der Waals surface area (Å²) >= 11 is 1.69. The van der Waals surface area contributed by atoms with Gasteiger partial charge >= 0.3 is 6.03 Å². The molecule has 1 atom stereocenters. The summed E-state index contributed by atoms with van der Waals surface area (Å²) in [6.07, 6.45) is 2.52. The second-order valence-corrected chi connectivity index (χ2v) is 5.78. The van der Waals surface area contributed by atoms with Crippen LogP contribution in [0.3, 0.4) is 0 Å². The van der Waals surface area contributed by atoms with Crippen LogP contribution in [0.2, 0.25) is 0 Å². The Bertz CT molecular complexity index is 433. The number of nitrogens with one attached hydrogen (secondary N) is 1. The molecule has 3 amide bonds. The van der Waals surface area contributed by atoms with Crippen molar-refractivity contribution in [2.24, 2.45) is 11.7 Å². The van der Waals surface area contributed by atoms with Crippen molar-refractivity contribution >= 4 is 23.3 Å². The van der Waals surface area contributed by atoms with Crippen molar-refractivity contribution in [3.05, 3.63) is 22.4 Å². The van der Waals surface area contributed by atoms with Gasteiger partial charge in [0, 0.05) is 24.5 Å². The van der Waals surface area contributed by atoms with Gasteiger partial charge in [-0.2, -0.15) is 0 Å². The van der Waals surface area contributed by atoms with E-state index in [0.717, 1.165) is 19.3 Å². The van der Waals surface area contributed by atoms with Crippen LogP contribution in [-0.4, -0.2) is 36.5 Å². The fourth-order valence-corrected chi connectivity index (χ4v) is 3.01. The molecule has 1 aliphatic heterocycles. The van der Waals surface area contributed by atoms with Gasteiger partial charge in [-0.15, -0.1) is 11.3 Å². The first-order valence-corrected chi connectivity index (χ1v) is 7.39. The number of carbonyl (C=O) groups excluding carboxylic acids is 2. The summed E-state index contributed by atoms with van der Waals surface area (Å²) in [7, 11) is 0. The molecule has 0 radical (unpaired) electrons. The molecule has 3 N–H and O–H groups in total. The van der Waals surface area contributed by atoms with Gasteiger partial charge in [-0.3, -0.25) is 4.79 Å². The maximum absolute atomic E-state index is 12.0. The zero-order valence-corrected chi connectivity index (χ0v) is 11.6. The molecule has 0 spiro atoms. The number of carbonyl (C=O) groups is 2. The van der Waals surface area contributed by atoms with E-state index in [0.29, 0.717) is 19.6 Å². The highest BCUT2D eigenvalue weighted by Crippen LogP contribution is 2.16. The number of thiophene rings is 1. The quantitative estimate of drug-likeness (QED) is 0.870. The third kappa shape index (κ3) is 3.96. The Morgan fingerprint density at radius 2 is 2.37 bits per heavy atom. The number of rotatable bonds is 4. The van der Waals surface area contributed by atoms with Crippen molar-refractivity contribution in [1.82, 2.24) is 10.2 Å². The first kappa shape index (κ1) is 13.9. The van der Waals surface area contributed by atoms with E-state index >= 15 is 0 Å². The molecule has 0 saturated carbocycles. The van der Waals surface area contributed by atoms with Gasteiger partial charge in [-0.05, 0) is 30.7 Å². The van der Waals surface area contributed by atoms with Crippen LogP contribution in [0.5, 0.6) is 0 Å². The molecule has 6 heteroatoms. The molecule has 104 valence electrons. The van der Waals surface area contributed by atoms with Gasteiger partial charge in [-0.25, -0.2) is 4.79 Å². The second kappa shape index (κ2) is 6.56. The van der Waals surface area contributed by atoms with E-state index in [1.807, 2.05) is 11.4 Å². The minimum atomic E-state index is -0.434. The lowest BCUT2D eigenvalue weighted by Crippen LogP contribution is -2.47. The van der Waals surface area contributed by atoms with E-state index in [2.05, 4.69) is 11.4 Å². The van der Waals surface area contributed by atoms with Crippen LogP contribution in [0.4, 0.5) is 4.79 Å². The van der Waals surface area contributed by atoms with Crippen LogP contribution in [0.1, 0.15) is 17.7 Å². The largest absolute Gasteiger partial charge is 0.355 e. The van der Waals surface area contributed by atoms with Crippen molar-refractivity contribution in [2.75, 3.05) is 19.6 Å². The Kier molecular flexibility index (Phi) is 4.79. The monoisotopic (exact) mass is 281 g/mol. The molecule has 1 fully saturated rings. The van der Waals surface area contributed by atoms with Crippen LogP contribution < -0.4 is 11.1 Å². The Balaban J connectivity index is 1.74. The van der Waals surface area contributed by atoms with Crippen molar-refractivity contribution in [1.29, 1.82) is 0 Å². The fourth-order valence-electron chi connectivity index (χ4n) is 2.30. The van der Waals surface area contributed by atoms with Gasteiger partial charge in [0.05, 0.1) is 5.92 Å². The number of likely N-dealkylation sites (tertiary alicyclic amines) is 1. The van der Waals surface area contributed by atoms with Crippen LogP contribution in [0.15, 0.2) is 17.5 Å². The molecule has 19 heavy (non-hydrogen) atoms. The number of nitrogens with two attached hydrogens (primary N) is 1. The number of amides is 3. The number of hydrogen-bond donors (Lipinski definition) is 2. The number of hydrogen-bond acceptors (Lipinski definition) is 3. The molecule has 1 saturated heterocycles. The van der Waals surface area contributed by atoms with Crippen LogP contribution in [0, 0.1) is 5.92 Å². The van der Waals surface area contributed by atoms with Gasteiger partial charge in [0.25, 0.3) is 0 Å². The van der Waals surface area contributed by atoms with Gasteiger partial charge in [0.2, 0.25) is 5.91 Å². The lowest BCUT2D eigenvalue weighted by molar-refractivity contribution is -0.126. The summed E-state index contributed by atoms with van der Waals surface area (Å²) in [6.45, 7) is 1.75. The van der Waals surface area contributed by atoms with Crippen LogP contribution >= 0.6 is 11.3 Å². The molecular formula is C13H19N3O2S. The normalized spacial score (nSPS) is 19.2. The lowest BCUT2D eigenvalue weighted by atomic mass is 9.97. The molecule has 5 nitrogen and oxygen atoms in total. The Morgan fingerprint density at radius 1 is 1.53 bits per heavy atom. The van der Waals surface area contributed by atoms with E-state index in [-0.39, 0.29) is 11.8 Å². The molecule has 2 heterocycles. The lowest BCUT2D eigenvalue weighted by Gasteiger charge is -2.30. The standard InChI is InChI=1S/C13H19N3O2S/c14-13(18)16-7-1-3-10(9-16)12(17)15-6-5-11-4-2-8-19-11/h2,4,8,10H,1,3,5-7,9H2,(H2,14,18)(H,15,17). The van der Waals surface area contributed by atoms with E-state index in [1.54, 1.807) is 16.2 Å². The highest BCUT2D eigenvalue weighted by molar-refractivity contribution is 7.09. The zero-order valence-electron chi connectivity index (χ0n) is 10.8. The maximum Gasteiger partial charge on any atom is 0.314 e. The van der Waals surface area contributed by atoms with E-state index in [1.165, 1.54) is 4.88 Å². The molecule has 1 aliphatic rings. The van der Waals surface area contributed by atoms with Crippen LogP contribution in [-0.2, 0) is 11.2 Å². The summed E-state index contributed by atoms with van der Waals surface area (Å²) in [6, 6.07) is 3.64. The first-order chi connectivity index (χ1) is 9.16. The van der Waals surface area contributed by atoms with E-state index in [4.69, 9.17) is 5.73 Å². The SMILES string of the molecule is NC(=O)N1CCCC(C(=O)NCCc2cccs2)C1. The average molecular weight is 281 g/mol. The van der Waals surface area contributed by atoms with Gasteiger partial charge in [-0.1, -0.05) is 6.07 Å².